The van der Waals surface area contributed by atoms with Crippen LogP contribution in [0.15, 0.2) is 158 Å². The Hall–Kier alpha value is -6.72. The van der Waals surface area contributed by atoms with Crippen LogP contribution in [0.2, 0.25) is 0 Å². The fourth-order valence-corrected chi connectivity index (χ4v) is 10.2. The number of aromatic nitrogens is 1. The smallest absolute Gasteiger partial charge is 0.333 e. The zero-order valence-electron chi connectivity index (χ0n) is 34.3. The van der Waals surface area contributed by atoms with Gasteiger partial charge in [0.05, 0.1) is 11.4 Å². The van der Waals surface area contributed by atoms with Gasteiger partial charge >= 0.3 is 6.85 Å². The van der Waals surface area contributed by atoms with Crippen molar-refractivity contribution in [1.82, 2.24) is 4.48 Å². The molecule has 3 aliphatic rings. The van der Waals surface area contributed by atoms with Crippen LogP contribution in [0, 0.1) is 0 Å². The van der Waals surface area contributed by atoms with Crippen LogP contribution < -0.4 is 25.5 Å². The molecule has 0 aliphatic carbocycles. The van der Waals surface area contributed by atoms with Crippen LogP contribution in [-0.4, -0.2) is 11.3 Å². The molecular weight excluding hydrogens is 717 g/mol. The minimum Gasteiger partial charge on any atom is -0.453 e. The largest absolute Gasteiger partial charge is 0.453 e. The van der Waals surface area contributed by atoms with Crippen LogP contribution in [0.3, 0.4) is 0 Å². The summed E-state index contributed by atoms with van der Waals surface area (Å²) in [6.07, 6.45) is 0. The predicted molar refractivity (Wildman–Crippen MR) is 250 cm³/mol. The van der Waals surface area contributed by atoms with Crippen LogP contribution in [0.4, 0.5) is 34.1 Å². The molecule has 284 valence electrons. The third-order valence-electron chi connectivity index (χ3n) is 13.0. The number of fused-ring (bicyclic) bond motifs is 11. The van der Waals surface area contributed by atoms with E-state index in [-0.39, 0.29) is 17.7 Å². The van der Waals surface area contributed by atoms with Crippen LogP contribution >= 0.6 is 0 Å². The van der Waals surface area contributed by atoms with E-state index in [1.165, 1.54) is 77.1 Å². The van der Waals surface area contributed by atoms with E-state index in [0.29, 0.717) is 0 Å². The zero-order chi connectivity index (χ0) is 39.9. The van der Waals surface area contributed by atoms with Gasteiger partial charge < -0.3 is 19.0 Å². The van der Waals surface area contributed by atoms with Gasteiger partial charge in [0.25, 0.3) is 0 Å². The number of hydrogen-bond acceptors (Lipinski definition) is 3. The minimum atomic E-state index is -0.0829. The van der Waals surface area contributed by atoms with Crippen LogP contribution in [0.25, 0.3) is 43.7 Å². The average Bonchev–Trinajstić information content (AvgIpc) is 3.58. The van der Waals surface area contributed by atoms with Crippen molar-refractivity contribution in [2.75, 3.05) is 9.80 Å². The first-order chi connectivity index (χ1) is 28.5. The molecule has 0 bridgehead atoms. The highest BCUT2D eigenvalue weighted by Gasteiger charge is 2.44. The van der Waals surface area contributed by atoms with E-state index in [1.807, 2.05) is 12.1 Å². The molecule has 0 amide bonds. The van der Waals surface area contributed by atoms with Gasteiger partial charge in [-0.25, -0.2) is 0 Å². The van der Waals surface area contributed by atoms with Gasteiger partial charge in [0.1, 0.15) is 0 Å². The molecule has 0 unspecified atom stereocenters. The topological polar surface area (TPSA) is 20.6 Å². The highest BCUT2D eigenvalue weighted by atomic mass is 16.5. The standard InChI is InChI=1S/C54H44BN3O/c1-53(2,3)34-26-28-43-42(30-34)55-51-41(39-19-14-20-40-50-38-18-8-7-15-33(38)25-27-46(50)58(55)52(39)40)29-35(54(4,5)6)31-47(51)56(43)36-16-13-17-37(32-36)57-44-21-9-11-23-48(44)59-49-24-12-10-22-45(49)57/h7-32H,1-6H3. The highest BCUT2D eigenvalue weighted by molar-refractivity contribution is 6.90. The maximum atomic E-state index is 6.44. The quantitative estimate of drug-likeness (QED) is 0.164. The normalized spacial score (nSPS) is 14.0. The van der Waals surface area contributed by atoms with Crippen LogP contribution in [0.1, 0.15) is 52.7 Å². The van der Waals surface area contributed by atoms with E-state index in [1.54, 1.807) is 0 Å². The van der Waals surface area contributed by atoms with Crippen molar-refractivity contribution in [2.24, 2.45) is 0 Å². The van der Waals surface area contributed by atoms with E-state index >= 15 is 0 Å². The van der Waals surface area contributed by atoms with Crippen molar-refractivity contribution in [3.8, 4) is 22.6 Å². The molecule has 4 heterocycles. The van der Waals surface area contributed by atoms with E-state index in [4.69, 9.17) is 4.74 Å². The van der Waals surface area contributed by atoms with Gasteiger partial charge in [0.15, 0.2) is 11.5 Å². The average molecular weight is 762 g/mol. The molecule has 0 fully saturated rings. The maximum Gasteiger partial charge on any atom is 0.333 e. The lowest BCUT2D eigenvalue weighted by molar-refractivity contribution is 0.477. The second-order valence-corrected chi connectivity index (χ2v) is 18.6. The molecule has 4 nitrogen and oxygen atoms in total. The summed E-state index contributed by atoms with van der Waals surface area (Å²) in [4.78, 5) is 4.90. The molecule has 1 aromatic heterocycles. The number of rotatable bonds is 2. The molecule has 0 saturated carbocycles. The maximum absolute atomic E-state index is 6.44. The summed E-state index contributed by atoms with van der Waals surface area (Å²) >= 11 is 0. The van der Waals surface area contributed by atoms with E-state index < -0.39 is 0 Å². The Morgan fingerprint density at radius 2 is 1.12 bits per heavy atom. The first-order valence-electron chi connectivity index (χ1n) is 20.9. The van der Waals surface area contributed by atoms with E-state index in [9.17, 15) is 0 Å². The van der Waals surface area contributed by atoms with Crippen molar-refractivity contribution in [2.45, 2.75) is 52.4 Å². The molecule has 12 rings (SSSR count). The predicted octanol–water partition coefficient (Wildman–Crippen LogP) is 13.5. The third kappa shape index (κ3) is 4.85. The zero-order valence-corrected chi connectivity index (χ0v) is 34.3. The monoisotopic (exact) mass is 761 g/mol. The molecule has 5 heteroatoms. The first-order valence-corrected chi connectivity index (χ1v) is 20.9. The Morgan fingerprint density at radius 3 is 1.85 bits per heavy atom. The fourth-order valence-electron chi connectivity index (χ4n) is 10.2. The summed E-state index contributed by atoms with van der Waals surface area (Å²) in [5, 5.41) is 5.22. The summed E-state index contributed by atoms with van der Waals surface area (Å²) in [5.74, 6) is 1.70. The van der Waals surface area contributed by atoms with E-state index in [0.717, 1.165) is 34.2 Å². The van der Waals surface area contributed by atoms with Gasteiger partial charge in [-0.05, 0) is 110 Å². The Morgan fingerprint density at radius 1 is 0.475 bits per heavy atom. The summed E-state index contributed by atoms with van der Waals surface area (Å²) in [5.41, 5.74) is 17.1. The Kier molecular flexibility index (Phi) is 6.94. The molecule has 9 aromatic rings. The molecule has 0 atom stereocenters. The number of anilines is 6. The SMILES string of the molecule is CC(C)(C)c1ccc2c(c1)B1c3c(cc(C(C)(C)C)cc3N2c2cccc(N3c4ccccc4Oc4ccccc43)c2)-c2cccc3c4c5ccccc5ccc4n1c23. The lowest BCUT2D eigenvalue weighted by Crippen LogP contribution is -2.57. The minimum absolute atomic E-state index is 0.0280. The van der Waals surface area contributed by atoms with Gasteiger partial charge in [-0.2, -0.15) is 0 Å². The highest BCUT2D eigenvalue weighted by Crippen LogP contribution is 2.52. The lowest BCUT2D eigenvalue weighted by Gasteiger charge is -2.42. The third-order valence-corrected chi connectivity index (χ3v) is 13.0. The first kappa shape index (κ1) is 34.3. The number of benzene rings is 8. The molecule has 3 aliphatic heterocycles. The van der Waals surface area contributed by atoms with Gasteiger partial charge in [-0.15, -0.1) is 0 Å². The van der Waals surface area contributed by atoms with Crippen molar-refractivity contribution in [3.05, 3.63) is 169 Å². The van der Waals surface area contributed by atoms with E-state index in [2.05, 4.69) is 201 Å². The molecule has 0 saturated heterocycles. The van der Waals surface area contributed by atoms with Gasteiger partial charge in [0.2, 0.25) is 0 Å². The summed E-state index contributed by atoms with van der Waals surface area (Å²) in [6.45, 7) is 14.0. The number of ether oxygens (including phenoxy) is 1. The van der Waals surface area contributed by atoms with Crippen LogP contribution in [0.5, 0.6) is 11.5 Å². The molecule has 0 radical (unpaired) electrons. The second-order valence-electron chi connectivity index (χ2n) is 18.6. The number of para-hydroxylation sites is 5. The van der Waals surface area contributed by atoms with Gasteiger partial charge in [-0.3, -0.25) is 0 Å². The molecular formula is C54H44BN3O. The summed E-state index contributed by atoms with van der Waals surface area (Å²) in [7, 11) is 0. The van der Waals surface area contributed by atoms with Gasteiger partial charge in [0, 0.05) is 50.1 Å². The fraction of sp³-hybridized carbons (Fsp3) is 0.148. The molecule has 0 N–H and O–H groups in total. The Bertz CT molecular complexity index is 3210. The van der Waals surface area contributed by atoms with Crippen molar-refractivity contribution >= 4 is 84.5 Å². The Balaban J connectivity index is 1.18. The van der Waals surface area contributed by atoms with Crippen LogP contribution in [-0.2, 0) is 10.8 Å². The molecule has 8 aromatic carbocycles. The summed E-state index contributed by atoms with van der Waals surface area (Å²) < 4.78 is 9.13. The number of nitrogens with zero attached hydrogens (tertiary/aromatic N) is 3. The van der Waals surface area contributed by atoms with Crippen molar-refractivity contribution < 1.29 is 4.74 Å². The van der Waals surface area contributed by atoms with Crippen molar-refractivity contribution in [3.63, 3.8) is 0 Å². The lowest BCUT2D eigenvalue weighted by atomic mass is 9.44. The summed E-state index contributed by atoms with van der Waals surface area (Å²) in [6, 6.07) is 58.6. The second kappa shape index (κ2) is 11.9. The van der Waals surface area contributed by atoms with Gasteiger partial charge in [-0.1, -0.05) is 139 Å². The molecule has 0 spiro atoms. The number of hydrogen-bond donors (Lipinski definition) is 0. The van der Waals surface area contributed by atoms with Crippen molar-refractivity contribution in [1.29, 1.82) is 0 Å². The molecule has 59 heavy (non-hydrogen) atoms. The Labute approximate surface area is 346 Å².